The topological polar surface area (TPSA) is 39.9 Å². The van der Waals surface area contributed by atoms with E-state index in [9.17, 15) is 4.39 Å². The maximum atomic E-state index is 13.2. The van der Waals surface area contributed by atoms with Gasteiger partial charge in [0, 0.05) is 16.8 Å². The summed E-state index contributed by atoms with van der Waals surface area (Å²) in [7, 11) is 0. The minimum absolute atomic E-state index is 0.214. The largest absolute Gasteiger partial charge is 0.481 e. The molecule has 0 N–H and O–H groups in total. The summed E-state index contributed by atoms with van der Waals surface area (Å²) in [5.41, 5.74) is 1.19. The van der Waals surface area contributed by atoms with Gasteiger partial charge in [0.2, 0.25) is 0 Å². The number of aromatic nitrogens is 3. The Bertz CT molecular complexity index is 965. The van der Waals surface area contributed by atoms with Gasteiger partial charge in [-0.3, -0.25) is 4.57 Å². The maximum absolute atomic E-state index is 13.2. The van der Waals surface area contributed by atoms with Crippen LogP contribution in [-0.2, 0) is 12.3 Å². The van der Waals surface area contributed by atoms with Crippen molar-refractivity contribution in [3.63, 3.8) is 0 Å². The molecule has 146 valence electrons. The Morgan fingerprint density at radius 2 is 2.04 bits per heavy atom. The molecule has 1 atom stereocenters. The van der Waals surface area contributed by atoms with Gasteiger partial charge in [-0.25, -0.2) is 4.39 Å². The van der Waals surface area contributed by atoms with Crippen LogP contribution in [0.5, 0.6) is 5.75 Å². The molecular formula is C20H18BrClFN3OS. The van der Waals surface area contributed by atoms with Gasteiger partial charge in [0.1, 0.15) is 11.6 Å². The van der Waals surface area contributed by atoms with Gasteiger partial charge in [-0.1, -0.05) is 57.5 Å². The predicted molar refractivity (Wildman–Crippen MR) is 114 cm³/mol. The summed E-state index contributed by atoms with van der Waals surface area (Å²) in [6.45, 7) is 6.22. The number of rotatable bonds is 8. The van der Waals surface area contributed by atoms with E-state index in [0.717, 1.165) is 15.4 Å². The molecule has 2 aromatic carbocycles. The van der Waals surface area contributed by atoms with E-state index in [2.05, 4.69) is 44.8 Å². The Kier molecular flexibility index (Phi) is 7.15. The van der Waals surface area contributed by atoms with Gasteiger partial charge in [0.05, 0.1) is 5.02 Å². The highest BCUT2D eigenvalue weighted by atomic mass is 79.9. The van der Waals surface area contributed by atoms with Gasteiger partial charge in [-0.15, -0.1) is 16.8 Å². The lowest BCUT2D eigenvalue weighted by molar-refractivity contribution is 0.210. The zero-order chi connectivity index (χ0) is 20.1. The first-order valence-electron chi connectivity index (χ1n) is 8.51. The minimum atomic E-state index is -0.419. The Balaban J connectivity index is 1.77. The van der Waals surface area contributed by atoms with Crippen LogP contribution in [0.3, 0.4) is 0 Å². The summed E-state index contributed by atoms with van der Waals surface area (Å²) in [6.07, 6.45) is 1.37. The molecule has 1 heterocycles. The lowest BCUT2D eigenvalue weighted by Gasteiger charge is -2.16. The molecule has 3 rings (SSSR count). The second kappa shape index (κ2) is 9.58. The van der Waals surface area contributed by atoms with Crippen LogP contribution in [0.2, 0.25) is 5.02 Å². The highest BCUT2D eigenvalue weighted by Gasteiger charge is 2.20. The molecule has 0 aliphatic carbocycles. The molecule has 1 aromatic heterocycles. The number of benzene rings is 2. The first kappa shape index (κ1) is 20.9. The van der Waals surface area contributed by atoms with Crippen LogP contribution in [0.25, 0.3) is 0 Å². The van der Waals surface area contributed by atoms with Crippen molar-refractivity contribution in [1.82, 2.24) is 14.8 Å². The predicted octanol–water partition coefficient (Wildman–Crippen LogP) is 6.45. The third kappa shape index (κ3) is 5.16. The molecule has 0 saturated heterocycles. The molecule has 0 spiro atoms. The molecule has 1 unspecified atom stereocenters. The normalized spacial score (nSPS) is 12.0. The molecular weight excluding hydrogens is 465 g/mol. The molecule has 28 heavy (non-hydrogen) atoms. The second-order valence-corrected chi connectivity index (χ2v) is 8.26. The van der Waals surface area contributed by atoms with Crippen molar-refractivity contribution in [2.75, 3.05) is 0 Å². The van der Waals surface area contributed by atoms with Crippen molar-refractivity contribution in [2.45, 2.75) is 30.5 Å². The third-order valence-electron chi connectivity index (χ3n) is 3.90. The summed E-state index contributed by atoms with van der Waals surface area (Å²) in [5, 5.41) is 9.60. The van der Waals surface area contributed by atoms with E-state index in [-0.39, 0.29) is 5.02 Å². The Hall–Kier alpha value is -1.83. The first-order chi connectivity index (χ1) is 13.5. The summed E-state index contributed by atoms with van der Waals surface area (Å²) in [4.78, 5) is 0. The van der Waals surface area contributed by atoms with E-state index in [1.807, 2.05) is 23.6 Å². The third-order valence-corrected chi connectivity index (χ3v) is 5.76. The molecule has 0 radical (unpaired) electrons. The fraction of sp³-hybridized carbons (Fsp3) is 0.200. The lowest BCUT2D eigenvalue weighted by Crippen LogP contribution is -2.12. The highest BCUT2D eigenvalue weighted by Crippen LogP contribution is 2.31. The van der Waals surface area contributed by atoms with E-state index in [4.69, 9.17) is 16.3 Å². The Morgan fingerprint density at radius 1 is 1.29 bits per heavy atom. The minimum Gasteiger partial charge on any atom is -0.481 e. The van der Waals surface area contributed by atoms with Crippen molar-refractivity contribution in [3.8, 4) is 5.75 Å². The second-order valence-electron chi connectivity index (χ2n) is 5.99. The number of ether oxygens (including phenoxy) is 1. The van der Waals surface area contributed by atoms with Gasteiger partial charge >= 0.3 is 0 Å². The smallest absolute Gasteiger partial charge is 0.191 e. The molecule has 8 heteroatoms. The quantitative estimate of drug-likeness (QED) is 0.273. The number of allylic oxidation sites excluding steroid dienone is 1. The molecule has 0 aliphatic heterocycles. The standard InChI is InChI=1S/C20H18BrClFN3OS/c1-3-10-26-19(13(2)27-18-9-8-16(23)11-17(18)22)24-25-20(26)28-12-14-4-6-15(21)7-5-14/h3-9,11,13H,1,10,12H2,2H3. The van der Waals surface area contributed by atoms with Crippen molar-refractivity contribution in [2.24, 2.45) is 0 Å². The van der Waals surface area contributed by atoms with Crippen LogP contribution in [0.1, 0.15) is 24.4 Å². The SMILES string of the molecule is C=CCn1c(SCc2ccc(Br)cc2)nnc1C(C)Oc1ccc(F)cc1Cl. The molecule has 4 nitrogen and oxygen atoms in total. The molecule has 0 amide bonds. The van der Waals surface area contributed by atoms with E-state index in [1.165, 1.54) is 23.8 Å². The molecule has 0 aliphatic rings. The first-order valence-corrected chi connectivity index (χ1v) is 10.7. The number of nitrogens with zero attached hydrogens (tertiary/aromatic N) is 3. The fourth-order valence-corrected chi connectivity index (χ4v) is 3.94. The number of hydrogen-bond donors (Lipinski definition) is 0. The summed E-state index contributed by atoms with van der Waals surface area (Å²) >= 11 is 11.1. The van der Waals surface area contributed by atoms with E-state index >= 15 is 0 Å². The fourth-order valence-electron chi connectivity index (χ4n) is 2.55. The summed E-state index contributed by atoms with van der Waals surface area (Å²) in [6, 6.07) is 12.2. The zero-order valence-corrected chi connectivity index (χ0v) is 18.3. The maximum Gasteiger partial charge on any atom is 0.191 e. The molecule has 0 bridgehead atoms. The molecule has 3 aromatic rings. The van der Waals surface area contributed by atoms with Crippen LogP contribution in [0.15, 0.2) is 64.7 Å². The van der Waals surface area contributed by atoms with Gasteiger partial charge in [-0.2, -0.15) is 0 Å². The van der Waals surface area contributed by atoms with Gasteiger partial charge in [0.25, 0.3) is 0 Å². The number of halogens is 3. The Morgan fingerprint density at radius 3 is 2.71 bits per heavy atom. The van der Waals surface area contributed by atoms with Crippen LogP contribution in [-0.4, -0.2) is 14.8 Å². The van der Waals surface area contributed by atoms with Gasteiger partial charge in [-0.05, 0) is 42.8 Å². The van der Waals surface area contributed by atoms with Crippen LogP contribution >= 0.6 is 39.3 Å². The summed E-state index contributed by atoms with van der Waals surface area (Å²) in [5.74, 6) is 1.40. The van der Waals surface area contributed by atoms with Gasteiger partial charge in [0.15, 0.2) is 17.1 Å². The summed E-state index contributed by atoms with van der Waals surface area (Å²) < 4.78 is 22.1. The van der Waals surface area contributed by atoms with Crippen molar-refractivity contribution < 1.29 is 9.13 Å². The molecule has 0 fully saturated rings. The van der Waals surface area contributed by atoms with Crippen LogP contribution < -0.4 is 4.74 Å². The number of thioether (sulfide) groups is 1. The van der Waals surface area contributed by atoms with E-state index in [0.29, 0.717) is 18.1 Å². The molecule has 0 saturated carbocycles. The van der Waals surface area contributed by atoms with E-state index in [1.54, 1.807) is 17.8 Å². The lowest BCUT2D eigenvalue weighted by atomic mass is 10.2. The van der Waals surface area contributed by atoms with Crippen molar-refractivity contribution in [3.05, 3.63) is 81.8 Å². The Labute approximate surface area is 180 Å². The van der Waals surface area contributed by atoms with Crippen molar-refractivity contribution in [1.29, 1.82) is 0 Å². The number of hydrogen-bond acceptors (Lipinski definition) is 4. The van der Waals surface area contributed by atoms with Crippen LogP contribution in [0, 0.1) is 5.82 Å². The van der Waals surface area contributed by atoms with Gasteiger partial charge < -0.3 is 4.74 Å². The monoisotopic (exact) mass is 481 g/mol. The average Bonchev–Trinajstić information content (AvgIpc) is 3.07. The highest BCUT2D eigenvalue weighted by molar-refractivity contribution is 9.10. The zero-order valence-electron chi connectivity index (χ0n) is 15.1. The van der Waals surface area contributed by atoms with Crippen molar-refractivity contribution >= 4 is 39.3 Å². The average molecular weight is 483 g/mol. The van der Waals surface area contributed by atoms with E-state index < -0.39 is 11.9 Å². The van der Waals surface area contributed by atoms with Crippen LogP contribution in [0.4, 0.5) is 4.39 Å².